The summed E-state index contributed by atoms with van der Waals surface area (Å²) in [6.07, 6.45) is 0. The van der Waals surface area contributed by atoms with Crippen LogP contribution < -0.4 is 10.6 Å². The largest absolute Gasteiger partial charge is 0.398 e. The number of carbonyl (C=O) groups is 1. The Labute approximate surface area is 122 Å². The van der Waals surface area contributed by atoms with Crippen LogP contribution in [0.25, 0.3) is 0 Å². The van der Waals surface area contributed by atoms with Crippen molar-refractivity contribution in [2.75, 3.05) is 17.7 Å². The third-order valence-electron chi connectivity index (χ3n) is 2.93. The monoisotopic (exact) mass is 285 g/mol. The Kier molecular flexibility index (Phi) is 3.92. The van der Waals surface area contributed by atoms with Gasteiger partial charge >= 0.3 is 0 Å². The molecular weight excluding hydrogens is 274 g/mol. The zero-order valence-corrected chi connectivity index (χ0v) is 11.6. The molecule has 5 heteroatoms. The first-order valence-corrected chi connectivity index (χ1v) is 6.24. The van der Waals surface area contributed by atoms with Crippen LogP contribution in [-0.4, -0.2) is 13.0 Å². The molecule has 0 fully saturated rings. The predicted molar refractivity (Wildman–Crippen MR) is 79.8 cm³/mol. The zero-order valence-electron chi connectivity index (χ0n) is 10.8. The van der Waals surface area contributed by atoms with E-state index >= 15 is 0 Å². The Hall–Kier alpha value is -2.51. The van der Waals surface area contributed by atoms with Crippen LogP contribution in [-0.2, 0) is 0 Å². The molecule has 2 aromatic carbocycles. The average molecular weight is 286 g/mol. The van der Waals surface area contributed by atoms with E-state index in [4.69, 9.17) is 22.6 Å². The van der Waals surface area contributed by atoms with Crippen LogP contribution in [0, 0.1) is 11.3 Å². The first kappa shape index (κ1) is 13.9. The summed E-state index contributed by atoms with van der Waals surface area (Å²) in [6.45, 7) is 0. The number of hydrogen-bond acceptors (Lipinski definition) is 3. The maximum Gasteiger partial charge on any atom is 0.260 e. The summed E-state index contributed by atoms with van der Waals surface area (Å²) < 4.78 is 0. The molecule has 0 spiro atoms. The van der Waals surface area contributed by atoms with Gasteiger partial charge in [0, 0.05) is 23.4 Å². The van der Waals surface area contributed by atoms with Gasteiger partial charge in [0.1, 0.15) is 0 Å². The van der Waals surface area contributed by atoms with E-state index in [1.807, 2.05) is 6.07 Å². The summed E-state index contributed by atoms with van der Waals surface area (Å²) >= 11 is 5.82. The first-order chi connectivity index (χ1) is 9.52. The van der Waals surface area contributed by atoms with Crippen LogP contribution in [0.1, 0.15) is 15.9 Å². The van der Waals surface area contributed by atoms with Crippen molar-refractivity contribution in [3.8, 4) is 6.07 Å². The Morgan fingerprint density at radius 1 is 1.25 bits per heavy atom. The molecule has 0 aliphatic carbocycles. The molecule has 1 amide bonds. The lowest BCUT2D eigenvalue weighted by atomic mass is 10.1. The molecule has 0 aliphatic rings. The molecule has 0 atom stereocenters. The number of carbonyl (C=O) groups excluding carboxylic acids is 1. The van der Waals surface area contributed by atoms with E-state index < -0.39 is 0 Å². The first-order valence-electron chi connectivity index (χ1n) is 5.86. The van der Waals surface area contributed by atoms with E-state index in [1.54, 1.807) is 49.5 Å². The fourth-order valence-corrected chi connectivity index (χ4v) is 1.97. The summed E-state index contributed by atoms with van der Waals surface area (Å²) in [7, 11) is 1.65. The maximum atomic E-state index is 12.4. The molecule has 100 valence electrons. The van der Waals surface area contributed by atoms with Gasteiger partial charge in [-0.1, -0.05) is 11.6 Å². The van der Waals surface area contributed by atoms with Gasteiger partial charge in [0.05, 0.1) is 17.2 Å². The van der Waals surface area contributed by atoms with Gasteiger partial charge in [-0.15, -0.1) is 0 Å². The van der Waals surface area contributed by atoms with E-state index in [-0.39, 0.29) is 5.91 Å². The third kappa shape index (κ3) is 2.73. The molecule has 0 bridgehead atoms. The van der Waals surface area contributed by atoms with Crippen molar-refractivity contribution in [2.24, 2.45) is 0 Å². The van der Waals surface area contributed by atoms with Crippen molar-refractivity contribution in [3.63, 3.8) is 0 Å². The molecule has 0 aliphatic heterocycles. The topological polar surface area (TPSA) is 70.1 Å². The lowest BCUT2D eigenvalue weighted by Crippen LogP contribution is -2.27. The quantitative estimate of drug-likeness (QED) is 0.862. The van der Waals surface area contributed by atoms with Crippen LogP contribution >= 0.6 is 11.6 Å². The molecule has 0 saturated carbocycles. The number of rotatable bonds is 2. The third-order valence-corrected chi connectivity index (χ3v) is 3.17. The molecule has 0 saturated heterocycles. The van der Waals surface area contributed by atoms with Crippen LogP contribution in [0.2, 0.25) is 5.02 Å². The second kappa shape index (κ2) is 5.64. The van der Waals surface area contributed by atoms with Crippen molar-refractivity contribution in [1.82, 2.24) is 0 Å². The number of benzene rings is 2. The van der Waals surface area contributed by atoms with Crippen molar-refractivity contribution in [3.05, 3.63) is 58.6 Å². The molecule has 2 N–H and O–H groups in total. The minimum Gasteiger partial charge on any atom is -0.398 e. The second-order valence-corrected chi connectivity index (χ2v) is 4.69. The van der Waals surface area contributed by atoms with E-state index in [2.05, 4.69) is 0 Å². The Morgan fingerprint density at radius 3 is 2.45 bits per heavy atom. The molecule has 20 heavy (non-hydrogen) atoms. The van der Waals surface area contributed by atoms with Crippen molar-refractivity contribution >= 4 is 28.9 Å². The summed E-state index contributed by atoms with van der Waals surface area (Å²) in [5.74, 6) is -0.233. The molecule has 2 aromatic rings. The molecule has 0 aromatic heterocycles. The number of nitrogens with two attached hydrogens (primary N) is 1. The van der Waals surface area contributed by atoms with Gasteiger partial charge in [-0.2, -0.15) is 5.26 Å². The highest BCUT2D eigenvalue weighted by molar-refractivity contribution is 6.31. The zero-order chi connectivity index (χ0) is 14.7. The summed E-state index contributed by atoms with van der Waals surface area (Å²) in [5.41, 5.74) is 7.76. The van der Waals surface area contributed by atoms with Gasteiger partial charge in [-0.05, 0) is 42.5 Å². The highest BCUT2D eigenvalue weighted by Gasteiger charge is 2.16. The van der Waals surface area contributed by atoms with Gasteiger partial charge in [0.2, 0.25) is 0 Å². The highest BCUT2D eigenvalue weighted by atomic mass is 35.5. The smallest absolute Gasteiger partial charge is 0.260 e. The number of anilines is 2. The molecular formula is C15H12ClN3O. The second-order valence-electron chi connectivity index (χ2n) is 4.25. The standard InChI is InChI=1S/C15H12ClN3O/c1-19(12-5-2-10(9-17)3-6-12)15(20)13-7-4-11(16)8-14(13)18/h2-8H,18H2,1H3. The Balaban J connectivity index is 2.30. The van der Waals surface area contributed by atoms with Gasteiger partial charge in [-0.3, -0.25) is 4.79 Å². The van der Waals surface area contributed by atoms with Crippen molar-refractivity contribution in [1.29, 1.82) is 5.26 Å². The minimum absolute atomic E-state index is 0.233. The summed E-state index contributed by atoms with van der Waals surface area (Å²) in [5, 5.41) is 9.24. The number of amides is 1. The average Bonchev–Trinajstić information content (AvgIpc) is 2.46. The predicted octanol–water partition coefficient (Wildman–Crippen LogP) is 3.07. The number of halogens is 1. The van der Waals surface area contributed by atoms with Crippen LogP contribution in [0.3, 0.4) is 0 Å². The lowest BCUT2D eigenvalue weighted by molar-refractivity contribution is 0.0994. The minimum atomic E-state index is -0.233. The maximum absolute atomic E-state index is 12.4. The summed E-state index contributed by atoms with van der Waals surface area (Å²) in [4.78, 5) is 13.8. The molecule has 0 unspecified atom stereocenters. The van der Waals surface area contributed by atoms with Gasteiger partial charge in [0.15, 0.2) is 0 Å². The summed E-state index contributed by atoms with van der Waals surface area (Å²) in [6, 6.07) is 13.5. The van der Waals surface area contributed by atoms with Gasteiger partial charge < -0.3 is 10.6 Å². The van der Waals surface area contributed by atoms with E-state index in [9.17, 15) is 4.79 Å². The van der Waals surface area contributed by atoms with Crippen LogP contribution in [0.15, 0.2) is 42.5 Å². The van der Waals surface area contributed by atoms with E-state index in [1.165, 1.54) is 4.90 Å². The highest BCUT2D eigenvalue weighted by Crippen LogP contribution is 2.22. The molecule has 4 nitrogen and oxygen atoms in total. The van der Waals surface area contributed by atoms with Crippen molar-refractivity contribution in [2.45, 2.75) is 0 Å². The Morgan fingerprint density at radius 2 is 1.90 bits per heavy atom. The molecule has 2 rings (SSSR count). The lowest BCUT2D eigenvalue weighted by Gasteiger charge is -2.18. The SMILES string of the molecule is CN(C(=O)c1ccc(Cl)cc1N)c1ccc(C#N)cc1. The number of nitriles is 1. The van der Waals surface area contributed by atoms with Crippen LogP contribution in [0.4, 0.5) is 11.4 Å². The van der Waals surface area contributed by atoms with Gasteiger partial charge in [0.25, 0.3) is 5.91 Å². The van der Waals surface area contributed by atoms with E-state index in [0.717, 1.165) is 0 Å². The van der Waals surface area contributed by atoms with Crippen molar-refractivity contribution < 1.29 is 4.79 Å². The fourth-order valence-electron chi connectivity index (χ4n) is 1.79. The molecule has 0 radical (unpaired) electrons. The fraction of sp³-hybridized carbons (Fsp3) is 0.0667. The van der Waals surface area contributed by atoms with Crippen LogP contribution in [0.5, 0.6) is 0 Å². The number of nitrogens with zero attached hydrogens (tertiary/aromatic N) is 2. The number of nitrogen functional groups attached to an aromatic ring is 1. The Bertz CT molecular complexity index is 689. The van der Waals surface area contributed by atoms with E-state index in [0.29, 0.717) is 27.5 Å². The molecule has 0 heterocycles. The van der Waals surface area contributed by atoms with Gasteiger partial charge in [-0.25, -0.2) is 0 Å². The normalized spacial score (nSPS) is 9.85. The number of hydrogen-bond donors (Lipinski definition) is 1.